The Bertz CT molecular complexity index is 396. The van der Waals surface area contributed by atoms with Gasteiger partial charge in [-0.2, -0.15) is 0 Å². The molecule has 0 amide bonds. The van der Waals surface area contributed by atoms with Crippen molar-refractivity contribution in [1.29, 1.82) is 0 Å². The Morgan fingerprint density at radius 2 is 2.11 bits per heavy atom. The van der Waals surface area contributed by atoms with Gasteiger partial charge in [0.15, 0.2) is 6.10 Å². The summed E-state index contributed by atoms with van der Waals surface area (Å²) in [6.45, 7) is 1.08. The molecular weight excluding hydrogens is 230 g/mol. The fraction of sp³-hybridized carbons (Fsp3) is 0.500. The fourth-order valence-corrected chi connectivity index (χ4v) is 2.31. The molecule has 2 rings (SSSR count). The molecular formula is C14H19NO3. The number of hydrogen-bond acceptors (Lipinski definition) is 3. The highest BCUT2D eigenvalue weighted by Crippen LogP contribution is 2.23. The van der Waals surface area contributed by atoms with Gasteiger partial charge in [0.2, 0.25) is 0 Å². The first-order valence-corrected chi connectivity index (χ1v) is 6.40. The number of benzene rings is 1. The monoisotopic (exact) mass is 249 g/mol. The van der Waals surface area contributed by atoms with Crippen molar-refractivity contribution >= 4 is 5.97 Å². The number of aliphatic carboxylic acids is 1. The predicted octanol–water partition coefficient (Wildman–Crippen LogP) is 1.49. The Labute approximate surface area is 107 Å². The molecule has 3 N–H and O–H groups in total. The van der Waals surface area contributed by atoms with Crippen LogP contribution in [0.2, 0.25) is 0 Å². The molecule has 0 aromatic heterocycles. The second kappa shape index (κ2) is 5.98. The summed E-state index contributed by atoms with van der Waals surface area (Å²) in [5.74, 6) is -1.15. The molecule has 18 heavy (non-hydrogen) atoms. The normalized spacial score (nSPS) is 20.8. The summed E-state index contributed by atoms with van der Waals surface area (Å²) >= 11 is 0. The molecule has 1 aliphatic heterocycles. The van der Waals surface area contributed by atoms with Crippen molar-refractivity contribution in [2.24, 2.45) is 0 Å². The summed E-state index contributed by atoms with van der Waals surface area (Å²) in [6, 6.07) is 8.67. The van der Waals surface area contributed by atoms with Crippen LogP contribution in [0.25, 0.3) is 0 Å². The van der Waals surface area contributed by atoms with Crippen LogP contribution in [0.1, 0.15) is 36.4 Å². The molecule has 4 nitrogen and oxygen atoms in total. The molecule has 4 heteroatoms. The Balaban J connectivity index is 1.89. The molecule has 1 fully saturated rings. The van der Waals surface area contributed by atoms with E-state index in [2.05, 4.69) is 17.4 Å². The largest absolute Gasteiger partial charge is 0.479 e. The standard InChI is InChI=1S/C14H19NO3/c16-13(14(17)18)8-5-10-3-6-11(7-4-10)12-2-1-9-15-12/h3-4,6-7,12-13,15-16H,1-2,5,8-9H2,(H,17,18). The molecule has 0 radical (unpaired) electrons. The predicted molar refractivity (Wildman–Crippen MR) is 68.4 cm³/mol. The zero-order chi connectivity index (χ0) is 13.0. The highest BCUT2D eigenvalue weighted by atomic mass is 16.4. The molecule has 1 aliphatic rings. The molecule has 1 saturated heterocycles. The summed E-state index contributed by atoms with van der Waals surface area (Å²) in [5.41, 5.74) is 2.35. The van der Waals surface area contributed by atoms with Crippen LogP contribution in [0.3, 0.4) is 0 Å². The highest BCUT2D eigenvalue weighted by molar-refractivity contribution is 5.71. The van der Waals surface area contributed by atoms with Gasteiger partial charge in [-0.25, -0.2) is 4.79 Å². The van der Waals surface area contributed by atoms with Gasteiger partial charge in [-0.3, -0.25) is 0 Å². The Kier molecular flexibility index (Phi) is 4.33. The van der Waals surface area contributed by atoms with Gasteiger partial charge in [0.05, 0.1) is 0 Å². The zero-order valence-electron chi connectivity index (χ0n) is 10.3. The number of carboxylic acids is 1. The lowest BCUT2D eigenvalue weighted by Crippen LogP contribution is -2.19. The van der Waals surface area contributed by atoms with Crippen LogP contribution in [0.4, 0.5) is 0 Å². The van der Waals surface area contributed by atoms with E-state index >= 15 is 0 Å². The topological polar surface area (TPSA) is 69.6 Å². The molecule has 0 spiro atoms. The van der Waals surface area contributed by atoms with Crippen LogP contribution in [0, 0.1) is 0 Å². The smallest absolute Gasteiger partial charge is 0.332 e. The lowest BCUT2D eigenvalue weighted by Gasteiger charge is -2.11. The van der Waals surface area contributed by atoms with Crippen LogP contribution in [0.15, 0.2) is 24.3 Å². The van der Waals surface area contributed by atoms with Gasteiger partial charge in [0, 0.05) is 6.04 Å². The molecule has 98 valence electrons. The quantitative estimate of drug-likeness (QED) is 0.739. The summed E-state index contributed by atoms with van der Waals surface area (Å²) in [6.07, 6.45) is 1.98. The number of carboxylic acid groups (broad SMARTS) is 1. The third-order valence-corrected chi connectivity index (χ3v) is 3.43. The summed E-state index contributed by atoms with van der Waals surface area (Å²) < 4.78 is 0. The van der Waals surface area contributed by atoms with Crippen LogP contribution < -0.4 is 5.32 Å². The number of rotatable bonds is 5. The third-order valence-electron chi connectivity index (χ3n) is 3.43. The first-order valence-electron chi connectivity index (χ1n) is 6.40. The Morgan fingerprint density at radius 3 is 2.67 bits per heavy atom. The van der Waals surface area contributed by atoms with Crippen molar-refractivity contribution in [2.45, 2.75) is 37.8 Å². The van der Waals surface area contributed by atoms with Crippen molar-refractivity contribution in [3.05, 3.63) is 35.4 Å². The minimum atomic E-state index is -1.26. The lowest BCUT2D eigenvalue weighted by atomic mass is 10.0. The molecule has 0 bridgehead atoms. The van der Waals surface area contributed by atoms with E-state index in [0.29, 0.717) is 12.5 Å². The maximum atomic E-state index is 10.5. The van der Waals surface area contributed by atoms with E-state index in [1.54, 1.807) is 0 Å². The molecule has 0 saturated carbocycles. The van der Waals surface area contributed by atoms with Crippen LogP contribution in [-0.2, 0) is 11.2 Å². The van der Waals surface area contributed by atoms with Gasteiger partial charge < -0.3 is 15.5 Å². The van der Waals surface area contributed by atoms with Gasteiger partial charge in [0.25, 0.3) is 0 Å². The zero-order valence-corrected chi connectivity index (χ0v) is 10.3. The van der Waals surface area contributed by atoms with Crippen molar-refractivity contribution in [1.82, 2.24) is 5.32 Å². The number of aryl methyl sites for hydroxylation is 1. The third kappa shape index (κ3) is 3.31. The van der Waals surface area contributed by atoms with E-state index in [0.717, 1.165) is 12.1 Å². The SMILES string of the molecule is O=C(O)C(O)CCc1ccc(C2CCCN2)cc1. The van der Waals surface area contributed by atoms with E-state index in [-0.39, 0.29) is 6.42 Å². The average molecular weight is 249 g/mol. The van der Waals surface area contributed by atoms with E-state index in [9.17, 15) is 9.90 Å². The summed E-state index contributed by atoms with van der Waals surface area (Å²) in [5, 5.41) is 21.2. The van der Waals surface area contributed by atoms with Gasteiger partial charge in [-0.15, -0.1) is 0 Å². The van der Waals surface area contributed by atoms with E-state index in [1.165, 1.54) is 18.4 Å². The van der Waals surface area contributed by atoms with Crippen molar-refractivity contribution in [2.75, 3.05) is 6.54 Å². The van der Waals surface area contributed by atoms with Crippen molar-refractivity contribution in [3.8, 4) is 0 Å². The minimum absolute atomic E-state index is 0.260. The van der Waals surface area contributed by atoms with Crippen LogP contribution in [-0.4, -0.2) is 28.8 Å². The molecule has 1 aromatic rings. The second-order valence-electron chi connectivity index (χ2n) is 4.78. The molecule has 2 unspecified atom stereocenters. The van der Waals surface area contributed by atoms with Gasteiger partial charge in [0.1, 0.15) is 0 Å². The molecule has 1 heterocycles. The minimum Gasteiger partial charge on any atom is -0.479 e. The van der Waals surface area contributed by atoms with Crippen LogP contribution in [0.5, 0.6) is 0 Å². The second-order valence-corrected chi connectivity index (χ2v) is 4.78. The van der Waals surface area contributed by atoms with Crippen molar-refractivity contribution < 1.29 is 15.0 Å². The maximum Gasteiger partial charge on any atom is 0.332 e. The van der Waals surface area contributed by atoms with E-state index < -0.39 is 12.1 Å². The highest BCUT2D eigenvalue weighted by Gasteiger charge is 2.16. The first-order chi connectivity index (χ1) is 8.66. The fourth-order valence-electron chi connectivity index (χ4n) is 2.31. The summed E-state index contributed by atoms with van der Waals surface area (Å²) in [4.78, 5) is 10.5. The van der Waals surface area contributed by atoms with Crippen molar-refractivity contribution in [3.63, 3.8) is 0 Å². The lowest BCUT2D eigenvalue weighted by molar-refractivity contribution is -0.146. The number of aliphatic hydroxyl groups is 1. The Morgan fingerprint density at radius 1 is 1.39 bits per heavy atom. The number of aliphatic hydroxyl groups excluding tert-OH is 1. The average Bonchev–Trinajstić information content (AvgIpc) is 2.90. The van der Waals surface area contributed by atoms with Crippen LogP contribution >= 0.6 is 0 Å². The Hall–Kier alpha value is -1.39. The molecule has 2 atom stereocenters. The molecule has 0 aliphatic carbocycles. The number of nitrogens with one attached hydrogen (secondary N) is 1. The number of hydrogen-bond donors (Lipinski definition) is 3. The molecule has 1 aromatic carbocycles. The van der Waals surface area contributed by atoms with Gasteiger partial charge >= 0.3 is 5.97 Å². The van der Waals surface area contributed by atoms with Gasteiger partial charge in [-0.05, 0) is 43.4 Å². The first kappa shape index (κ1) is 13.1. The maximum absolute atomic E-state index is 10.5. The van der Waals surface area contributed by atoms with E-state index in [4.69, 9.17) is 5.11 Å². The van der Waals surface area contributed by atoms with Gasteiger partial charge in [-0.1, -0.05) is 24.3 Å². The summed E-state index contributed by atoms with van der Waals surface area (Å²) in [7, 11) is 0. The van der Waals surface area contributed by atoms with E-state index in [1.807, 2.05) is 12.1 Å². The number of carbonyl (C=O) groups is 1.